The SMILES string of the molecule is COc1cc(/C=C/C(=O)NNC(=S)N[C@H]2CCC[C@@H](C)[C@H]2C)cc(OC)c1. The summed E-state index contributed by atoms with van der Waals surface area (Å²) in [7, 11) is 3.17. The van der Waals surface area contributed by atoms with Crippen molar-refractivity contribution in [2.24, 2.45) is 11.8 Å². The summed E-state index contributed by atoms with van der Waals surface area (Å²) in [4.78, 5) is 12.0. The Morgan fingerprint density at radius 3 is 2.41 bits per heavy atom. The van der Waals surface area contributed by atoms with Gasteiger partial charge < -0.3 is 14.8 Å². The largest absolute Gasteiger partial charge is 0.497 e. The van der Waals surface area contributed by atoms with Gasteiger partial charge in [0.25, 0.3) is 5.91 Å². The lowest BCUT2D eigenvalue weighted by Gasteiger charge is -2.35. The van der Waals surface area contributed by atoms with Gasteiger partial charge in [0.1, 0.15) is 11.5 Å². The van der Waals surface area contributed by atoms with Crippen LogP contribution in [0, 0.1) is 11.8 Å². The summed E-state index contributed by atoms with van der Waals surface area (Å²) in [6, 6.07) is 5.75. The molecule has 2 rings (SSSR count). The van der Waals surface area contributed by atoms with E-state index in [1.807, 2.05) is 12.1 Å². The number of thiocarbonyl (C=S) groups is 1. The van der Waals surface area contributed by atoms with Gasteiger partial charge in [0, 0.05) is 18.2 Å². The fourth-order valence-corrected chi connectivity index (χ4v) is 3.45. The second-order valence-electron chi connectivity index (χ2n) is 6.94. The van der Waals surface area contributed by atoms with Crippen molar-refractivity contribution in [2.45, 2.75) is 39.2 Å². The summed E-state index contributed by atoms with van der Waals surface area (Å²) in [6.45, 7) is 4.52. The van der Waals surface area contributed by atoms with Gasteiger partial charge >= 0.3 is 0 Å². The van der Waals surface area contributed by atoms with Crippen LogP contribution in [-0.4, -0.2) is 31.3 Å². The maximum absolute atomic E-state index is 12.0. The average molecular weight is 392 g/mol. The third-order valence-corrected chi connectivity index (χ3v) is 5.34. The Morgan fingerprint density at radius 1 is 1.11 bits per heavy atom. The number of ether oxygens (including phenoxy) is 2. The Labute approximate surface area is 166 Å². The summed E-state index contributed by atoms with van der Waals surface area (Å²) < 4.78 is 10.4. The molecule has 1 aromatic carbocycles. The van der Waals surface area contributed by atoms with Gasteiger partial charge in [-0.1, -0.05) is 26.7 Å². The number of carbonyl (C=O) groups excluding carboxylic acids is 1. The van der Waals surface area contributed by atoms with Gasteiger partial charge in [-0.3, -0.25) is 15.6 Å². The van der Waals surface area contributed by atoms with Crippen molar-refractivity contribution in [1.29, 1.82) is 0 Å². The van der Waals surface area contributed by atoms with Gasteiger partial charge in [-0.15, -0.1) is 0 Å². The number of hydrazine groups is 1. The summed E-state index contributed by atoms with van der Waals surface area (Å²) in [6.07, 6.45) is 6.67. The number of methoxy groups -OCH3 is 2. The monoisotopic (exact) mass is 391 g/mol. The first kappa shape index (κ1) is 21.0. The first-order valence-corrected chi connectivity index (χ1v) is 9.61. The fourth-order valence-electron chi connectivity index (χ4n) is 3.25. The van der Waals surface area contributed by atoms with Crippen LogP contribution >= 0.6 is 12.2 Å². The van der Waals surface area contributed by atoms with Gasteiger partial charge in [0.05, 0.1) is 14.2 Å². The number of rotatable bonds is 5. The topological polar surface area (TPSA) is 71.6 Å². The number of amides is 1. The molecule has 6 nitrogen and oxygen atoms in total. The lowest BCUT2D eigenvalue weighted by atomic mass is 9.78. The van der Waals surface area contributed by atoms with Crippen molar-refractivity contribution >= 4 is 29.3 Å². The van der Waals surface area contributed by atoms with E-state index in [1.165, 1.54) is 18.9 Å². The molecule has 0 bridgehead atoms. The molecular formula is C20H29N3O3S. The van der Waals surface area contributed by atoms with E-state index in [2.05, 4.69) is 30.0 Å². The second-order valence-corrected chi connectivity index (χ2v) is 7.35. The molecule has 1 fully saturated rings. The summed E-state index contributed by atoms with van der Waals surface area (Å²) >= 11 is 5.29. The molecule has 1 aromatic rings. The summed E-state index contributed by atoms with van der Waals surface area (Å²) in [5.41, 5.74) is 6.15. The highest BCUT2D eigenvalue weighted by molar-refractivity contribution is 7.80. The van der Waals surface area contributed by atoms with Crippen LogP contribution in [0.1, 0.15) is 38.7 Å². The lowest BCUT2D eigenvalue weighted by Crippen LogP contribution is -2.52. The molecule has 1 aliphatic carbocycles. The highest BCUT2D eigenvalue weighted by atomic mass is 32.1. The zero-order valence-corrected chi connectivity index (χ0v) is 17.2. The standard InChI is InChI=1S/C20H29N3O3S/c1-13-6-5-7-18(14(13)2)21-20(27)23-22-19(24)9-8-15-10-16(25-3)12-17(11-15)26-4/h8-14,18H,5-7H2,1-4H3,(H,22,24)(H2,21,23,27)/b9-8+/t13-,14-,18+/m1/s1. The molecule has 1 aliphatic rings. The number of carbonyl (C=O) groups is 1. The number of benzene rings is 1. The summed E-state index contributed by atoms with van der Waals surface area (Å²) in [5.74, 6) is 2.25. The van der Waals surface area contributed by atoms with Crippen LogP contribution in [0.15, 0.2) is 24.3 Å². The molecule has 7 heteroatoms. The van der Waals surface area contributed by atoms with Crippen molar-refractivity contribution in [3.8, 4) is 11.5 Å². The maximum Gasteiger partial charge on any atom is 0.262 e. The first-order valence-electron chi connectivity index (χ1n) is 9.20. The minimum atomic E-state index is -0.300. The van der Waals surface area contributed by atoms with Crippen LogP contribution in [0.2, 0.25) is 0 Å². The molecular weight excluding hydrogens is 362 g/mol. The molecule has 148 valence electrons. The smallest absolute Gasteiger partial charge is 0.262 e. The number of nitrogens with one attached hydrogen (secondary N) is 3. The average Bonchev–Trinajstić information content (AvgIpc) is 2.68. The molecule has 3 atom stereocenters. The van der Waals surface area contributed by atoms with Crippen molar-refractivity contribution < 1.29 is 14.3 Å². The molecule has 0 unspecified atom stereocenters. The molecule has 0 saturated heterocycles. The van der Waals surface area contributed by atoms with E-state index < -0.39 is 0 Å². The minimum absolute atomic E-state index is 0.300. The Bertz CT molecular complexity index is 671. The Morgan fingerprint density at radius 2 is 1.78 bits per heavy atom. The highest BCUT2D eigenvalue weighted by Gasteiger charge is 2.27. The van der Waals surface area contributed by atoms with E-state index in [-0.39, 0.29) is 5.91 Å². The Balaban J connectivity index is 1.83. The molecule has 0 heterocycles. The van der Waals surface area contributed by atoms with Gasteiger partial charge in [0.2, 0.25) is 0 Å². The fraction of sp³-hybridized carbons (Fsp3) is 0.500. The van der Waals surface area contributed by atoms with Crippen LogP contribution in [0.25, 0.3) is 6.08 Å². The van der Waals surface area contributed by atoms with Crippen LogP contribution in [0.4, 0.5) is 0 Å². The maximum atomic E-state index is 12.0. The molecule has 0 aliphatic heterocycles. The molecule has 3 N–H and O–H groups in total. The molecule has 0 aromatic heterocycles. The molecule has 0 spiro atoms. The highest BCUT2D eigenvalue weighted by Crippen LogP contribution is 2.29. The van der Waals surface area contributed by atoms with E-state index in [0.29, 0.717) is 34.5 Å². The van der Waals surface area contributed by atoms with Gasteiger partial charge in [-0.25, -0.2) is 0 Å². The molecule has 27 heavy (non-hydrogen) atoms. The van der Waals surface area contributed by atoms with Crippen molar-refractivity contribution in [3.63, 3.8) is 0 Å². The first-order chi connectivity index (χ1) is 12.9. The van der Waals surface area contributed by atoms with Crippen molar-refractivity contribution in [1.82, 2.24) is 16.2 Å². The van der Waals surface area contributed by atoms with E-state index in [0.717, 1.165) is 12.0 Å². The van der Waals surface area contributed by atoms with E-state index in [1.54, 1.807) is 26.4 Å². The minimum Gasteiger partial charge on any atom is -0.497 e. The Hall–Kier alpha value is -2.28. The van der Waals surface area contributed by atoms with Crippen molar-refractivity contribution in [2.75, 3.05) is 14.2 Å². The molecule has 1 amide bonds. The third kappa shape index (κ3) is 6.43. The van der Waals surface area contributed by atoms with E-state index >= 15 is 0 Å². The predicted octanol–water partition coefficient (Wildman–Crippen LogP) is 3.04. The quantitative estimate of drug-likeness (QED) is 0.407. The van der Waals surface area contributed by atoms with E-state index in [9.17, 15) is 4.79 Å². The zero-order valence-electron chi connectivity index (χ0n) is 16.4. The second kappa shape index (κ2) is 10.2. The number of hydrogen-bond acceptors (Lipinski definition) is 4. The normalized spacial score (nSPS) is 22.1. The predicted molar refractivity (Wildman–Crippen MR) is 112 cm³/mol. The van der Waals surface area contributed by atoms with E-state index in [4.69, 9.17) is 21.7 Å². The summed E-state index contributed by atoms with van der Waals surface area (Å²) in [5, 5.41) is 3.74. The zero-order chi connectivity index (χ0) is 19.8. The van der Waals surface area contributed by atoms with Gasteiger partial charge in [-0.2, -0.15) is 0 Å². The molecule has 1 saturated carbocycles. The lowest BCUT2D eigenvalue weighted by molar-refractivity contribution is -0.116. The Kier molecular flexibility index (Phi) is 7.91. The van der Waals surface area contributed by atoms with Crippen LogP contribution in [0.5, 0.6) is 11.5 Å². The van der Waals surface area contributed by atoms with Crippen LogP contribution in [-0.2, 0) is 4.79 Å². The number of hydrogen-bond donors (Lipinski definition) is 3. The van der Waals surface area contributed by atoms with Gasteiger partial charge in [0.15, 0.2) is 5.11 Å². The van der Waals surface area contributed by atoms with Crippen molar-refractivity contribution in [3.05, 3.63) is 29.8 Å². The van der Waals surface area contributed by atoms with Crippen LogP contribution in [0.3, 0.4) is 0 Å². The van der Waals surface area contributed by atoms with Gasteiger partial charge in [-0.05, 0) is 54.2 Å². The third-order valence-electron chi connectivity index (χ3n) is 5.12. The van der Waals surface area contributed by atoms with Crippen LogP contribution < -0.4 is 25.6 Å². The molecule has 0 radical (unpaired) electrons.